The highest BCUT2D eigenvalue weighted by atomic mass is 32.2. The number of para-hydroxylation sites is 1. The average molecular weight is 392 g/mol. The number of amides is 1. The van der Waals surface area contributed by atoms with Crippen molar-refractivity contribution in [1.82, 2.24) is 15.3 Å². The second-order valence-corrected chi connectivity index (χ2v) is 7.81. The Morgan fingerprint density at radius 3 is 2.59 bits per heavy atom. The zero-order valence-electron chi connectivity index (χ0n) is 14.5. The Kier molecular flexibility index (Phi) is 5.46. The fourth-order valence-corrected chi connectivity index (χ4v) is 4.16. The molecule has 4 nitrogen and oxygen atoms in total. The lowest BCUT2D eigenvalue weighted by Gasteiger charge is -2.08. The summed E-state index contributed by atoms with van der Waals surface area (Å²) in [6.45, 7) is 0.533. The quantitative estimate of drug-likeness (QED) is 0.380. The largest absolute Gasteiger partial charge is 0.351 e. The van der Waals surface area contributed by atoms with E-state index in [1.165, 1.54) is 11.8 Å². The van der Waals surface area contributed by atoms with Gasteiger partial charge in [0.05, 0.1) is 16.1 Å². The minimum Gasteiger partial charge on any atom is -0.351 e. The molecule has 4 rings (SSSR count). The summed E-state index contributed by atoms with van der Waals surface area (Å²) in [6.07, 6.45) is 0. The van der Waals surface area contributed by atoms with Gasteiger partial charge in [-0.2, -0.15) is 0 Å². The molecule has 134 valence electrons. The summed E-state index contributed by atoms with van der Waals surface area (Å²) in [7, 11) is 0. The number of hydrogen-bond acceptors (Lipinski definition) is 5. The van der Waals surface area contributed by atoms with Gasteiger partial charge in [-0.25, -0.2) is 9.97 Å². The normalized spacial score (nSPS) is 10.8. The molecule has 0 unspecified atom stereocenters. The highest BCUT2D eigenvalue weighted by molar-refractivity contribution is 8.00. The maximum Gasteiger partial charge on any atom is 0.230 e. The Morgan fingerprint density at radius 1 is 0.963 bits per heavy atom. The van der Waals surface area contributed by atoms with Crippen molar-refractivity contribution in [1.29, 1.82) is 0 Å². The van der Waals surface area contributed by atoms with Gasteiger partial charge in [0.1, 0.15) is 5.03 Å². The Balaban J connectivity index is 1.50. The number of thioether (sulfide) groups is 1. The van der Waals surface area contributed by atoms with Crippen LogP contribution in [0.25, 0.3) is 21.6 Å². The van der Waals surface area contributed by atoms with Gasteiger partial charge in [0.2, 0.25) is 5.91 Å². The Morgan fingerprint density at radius 2 is 1.78 bits per heavy atom. The second kappa shape index (κ2) is 8.33. The van der Waals surface area contributed by atoms with Crippen LogP contribution in [0.3, 0.4) is 0 Å². The van der Waals surface area contributed by atoms with Crippen LogP contribution in [-0.4, -0.2) is 21.6 Å². The van der Waals surface area contributed by atoms with E-state index in [0.29, 0.717) is 18.1 Å². The van der Waals surface area contributed by atoms with Gasteiger partial charge in [0, 0.05) is 11.9 Å². The van der Waals surface area contributed by atoms with Crippen molar-refractivity contribution in [2.45, 2.75) is 11.6 Å². The zero-order valence-corrected chi connectivity index (χ0v) is 16.1. The third kappa shape index (κ3) is 4.35. The lowest BCUT2D eigenvalue weighted by Crippen LogP contribution is -2.24. The van der Waals surface area contributed by atoms with Gasteiger partial charge < -0.3 is 5.32 Å². The van der Waals surface area contributed by atoms with E-state index in [1.807, 2.05) is 72.1 Å². The predicted molar refractivity (Wildman–Crippen MR) is 112 cm³/mol. The van der Waals surface area contributed by atoms with Crippen molar-refractivity contribution in [3.63, 3.8) is 0 Å². The smallest absolute Gasteiger partial charge is 0.230 e. The molecule has 0 aliphatic carbocycles. The molecule has 0 spiro atoms. The fraction of sp³-hybridized carbons (Fsp3) is 0.0952. The highest BCUT2D eigenvalue weighted by Gasteiger charge is 2.12. The van der Waals surface area contributed by atoms with E-state index >= 15 is 0 Å². The van der Waals surface area contributed by atoms with Crippen LogP contribution in [0.4, 0.5) is 0 Å². The number of aromatic nitrogens is 2. The molecule has 0 saturated carbocycles. The second-order valence-electron chi connectivity index (χ2n) is 5.90. The molecule has 1 N–H and O–H groups in total. The maximum absolute atomic E-state index is 12.3. The van der Waals surface area contributed by atoms with Crippen LogP contribution in [0.1, 0.15) is 5.56 Å². The van der Waals surface area contributed by atoms with E-state index in [-0.39, 0.29) is 5.91 Å². The average Bonchev–Trinajstić information content (AvgIpc) is 3.26. The molecule has 6 heteroatoms. The number of carbonyl (C=O) groups excluding carboxylic acids is 1. The zero-order chi connectivity index (χ0) is 18.5. The third-order valence-electron chi connectivity index (χ3n) is 3.98. The number of benzene rings is 2. The van der Waals surface area contributed by atoms with E-state index in [4.69, 9.17) is 4.98 Å². The summed E-state index contributed by atoms with van der Waals surface area (Å²) in [5.74, 6) is 1.01. The number of carbonyl (C=O) groups is 1. The van der Waals surface area contributed by atoms with Crippen molar-refractivity contribution in [2.24, 2.45) is 0 Å². The van der Waals surface area contributed by atoms with E-state index < -0.39 is 0 Å². The highest BCUT2D eigenvalue weighted by Crippen LogP contribution is 2.29. The summed E-state index contributed by atoms with van der Waals surface area (Å²) in [5.41, 5.74) is 1.98. The minimum atomic E-state index is -0.00998. The molecule has 2 aromatic heterocycles. The number of hydrogen-bond donors (Lipinski definition) is 1. The van der Waals surface area contributed by atoms with Gasteiger partial charge >= 0.3 is 0 Å². The van der Waals surface area contributed by atoms with E-state index in [2.05, 4.69) is 10.3 Å². The number of thiophene rings is 1. The third-order valence-corrected chi connectivity index (χ3v) is 5.84. The first-order valence-electron chi connectivity index (χ1n) is 8.54. The lowest BCUT2D eigenvalue weighted by atomic mass is 10.2. The molecule has 0 saturated heterocycles. The Labute approximate surface area is 165 Å². The first kappa shape index (κ1) is 17.7. The van der Waals surface area contributed by atoms with E-state index in [9.17, 15) is 4.79 Å². The first-order chi connectivity index (χ1) is 13.3. The van der Waals surface area contributed by atoms with Gasteiger partial charge in [-0.05, 0) is 23.1 Å². The number of nitrogens with zero attached hydrogens (tertiary/aromatic N) is 2. The van der Waals surface area contributed by atoms with Crippen molar-refractivity contribution in [3.8, 4) is 10.7 Å². The van der Waals surface area contributed by atoms with Crippen LogP contribution in [0, 0.1) is 0 Å². The van der Waals surface area contributed by atoms with Gasteiger partial charge in [0.25, 0.3) is 0 Å². The van der Waals surface area contributed by atoms with E-state index in [0.717, 1.165) is 26.4 Å². The minimum absolute atomic E-state index is 0.00998. The summed E-state index contributed by atoms with van der Waals surface area (Å²) in [6, 6.07) is 21.8. The summed E-state index contributed by atoms with van der Waals surface area (Å²) in [5, 5.41) is 6.77. The molecular formula is C21H17N3OS2. The van der Waals surface area contributed by atoms with Crippen molar-refractivity contribution >= 4 is 39.9 Å². The van der Waals surface area contributed by atoms with E-state index in [1.54, 1.807) is 11.3 Å². The molecule has 4 aromatic rings. The van der Waals surface area contributed by atoms with Crippen molar-refractivity contribution in [3.05, 3.63) is 77.7 Å². The summed E-state index contributed by atoms with van der Waals surface area (Å²) >= 11 is 3.06. The van der Waals surface area contributed by atoms with Crippen LogP contribution in [-0.2, 0) is 11.3 Å². The molecule has 2 aromatic carbocycles. The predicted octanol–water partition coefficient (Wildman–Crippen LogP) is 4.77. The Bertz CT molecular complexity index is 1050. The summed E-state index contributed by atoms with van der Waals surface area (Å²) < 4.78 is 0. The molecule has 27 heavy (non-hydrogen) atoms. The van der Waals surface area contributed by atoms with Crippen LogP contribution < -0.4 is 5.32 Å². The van der Waals surface area contributed by atoms with Crippen molar-refractivity contribution < 1.29 is 4.79 Å². The fourth-order valence-electron chi connectivity index (χ4n) is 2.65. The molecule has 0 fully saturated rings. The van der Waals surface area contributed by atoms with Gasteiger partial charge in [-0.1, -0.05) is 66.4 Å². The van der Waals surface area contributed by atoms with Crippen molar-refractivity contribution in [2.75, 3.05) is 5.75 Å². The molecule has 0 aliphatic rings. The number of nitrogens with one attached hydrogen (secondary N) is 1. The standard InChI is InChI=1S/C21H17N3OS2/c25-19(22-13-15-7-2-1-3-8-15)14-27-21-16-9-4-5-10-17(16)23-20(24-21)18-11-6-12-26-18/h1-12H,13-14H2,(H,22,25). The van der Waals surface area contributed by atoms with Crippen LogP contribution >= 0.6 is 23.1 Å². The van der Waals surface area contributed by atoms with Crippen LogP contribution in [0.2, 0.25) is 0 Å². The molecule has 0 radical (unpaired) electrons. The Hall–Kier alpha value is -2.70. The molecule has 0 aliphatic heterocycles. The van der Waals surface area contributed by atoms with Gasteiger partial charge in [0.15, 0.2) is 5.82 Å². The molecule has 0 bridgehead atoms. The maximum atomic E-state index is 12.3. The van der Waals surface area contributed by atoms with Crippen LogP contribution in [0.5, 0.6) is 0 Å². The molecular weight excluding hydrogens is 374 g/mol. The molecule has 0 atom stereocenters. The number of fused-ring (bicyclic) bond motifs is 1. The lowest BCUT2D eigenvalue weighted by molar-refractivity contribution is -0.118. The number of rotatable bonds is 6. The van der Waals surface area contributed by atoms with Gasteiger partial charge in [-0.3, -0.25) is 4.79 Å². The molecule has 2 heterocycles. The topological polar surface area (TPSA) is 54.9 Å². The van der Waals surface area contributed by atoms with Gasteiger partial charge in [-0.15, -0.1) is 11.3 Å². The SMILES string of the molecule is O=C(CSc1nc(-c2cccs2)nc2ccccc12)NCc1ccccc1. The first-order valence-corrected chi connectivity index (χ1v) is 10.4. The molecule has 1 amide bonds. The monoisotopic (exact) mass is 391 g/mol. The van der Waals surface area contributed by atoms with Crippen LogP contribution in [0.15, 0.2) is 77.1 Å². The summed E-state index contributed by atoms with van der Waals surface area (Å²) in [4.78, 5) is 22.7.